The summed E-state index contributed by atoms with van der Waals surface area (Å²) >= 11 is 0. The zero-order chi connectivity index (χ0) is 11.8. The highest BCUT2D eigenvalue weighted by atomic mass is 19.4. The SMILES string of the molecule is O=C(c1ccc(F)c(F)c1F)C(F)(F)F. The number of halogens is 6. The summed E-state index contributed by atoms with van der Waals surface area (Å²) in [4.78, 5) is 10.5. The molecule has 0 aromatic heterocycles. The summed E-state index contributed by atoms with van der Waals surface area (Å²) in [6, 6.07) is 0.487. The van der Waals surface area contributed by atoms with Gasteiger partial charge < -0.3 is 0 Å². The third-order valence-electron chi connectivity index (χ3n) is 1.54. The second-order valence-corrected chi connectivity index (χ2v) is 2.55. The highest BCUT2D eigenvalue weighted by molar-refractivity contribution is 6.00. The maximum absolute atomic E-state index is 12.7. The standard InChI is InChI=1S/C8H2F6O/c9-4-2-1-3(5(10)6(4)11)7(15)8(12,13)14/h1-2H. The van der Waals surface area contributed by atoms with Gasteiger partial charge in [0.1, 0.15) is 0 Å². The van der Waals surface area contributed by atoms with E-state index in [1.165, 1.54) is 0 Å². The maximum Gasteiger partial charge on any atom is 0.454 e. The Hall–Kier alpha value is -1.53. The monoisotopic (exact) mass is 228 g/mol. The zero-order valence-electron chi connectivity index (χ0n) is 6.83. The van der Waals surface area contributed by atoms with Crippen molar-refractivity contribution >= 4 is 5.78 Å². The van der Waals surface area contributed by atoms with Crippen molar-refractivity contribution in [1.29, 1.82) is 0 Å². The fourth-order valence-corrected chi connectivity index (χ4v) is 0.854. The minimum Gasteiger partial charge on any atom is -0.284 e. The van der Waals surface area contributed by atoms with Gasteiger partial charge in [-0.2, -0.15) is 13.2 Å². The van der Waals surface area contributed by atoms with Crippen LogP contribution in [0.2, 0.25) is 0 Å². The van der Waals surface area contributed by atoms with E-state index in [4.69, 9.17) is 0 Å². The van der Waals surface area contributed by atoms with E-state index >= 15 is 0 Å². The van der Waals surface area contributed by atoms with Crippen LogP contribution < -0.4 is 0 Å². The first-order chi connectivity index (χ1) is 6.75. The Labute approximate surface area is 79.3 Å². The molecule has 15 heavy (non-hydrogen) atoms. The quantitative estimate of drug-likeness (QED) is 0.410. The number of ketones is 1. The number of benzene rings is 1. The van der Waals surface area contributed by atoms with Crippen molar-refractivity contribution in [3.63, 3.8) is 0 Å². The molecular formula is C8H2F6O. The fourth-order valence-electron chi connectivity index (χ4n) is 0.854. The van der Waals surface area contributed by atoms with E-state index in [-0.39, 0.29) is 12.1 Å². The van der Waals surface area contributed by atoms with Gasteiger partial charge >= 0.3 is 6.18 Å². The van der Waals surface area contributed by atoms with E-state index in [1.54, 1.807) is 0 Å². The molecule has 1 aromatic carbocycles. The highest BCUT2D eigenvalue weighted by Crippen LogP contribution is 2.24. The number of carbonyl (C=O) groups is 1. The Morgan fingerprint density at radius 2 is 1.53 bits per heavy atom. The Morgan fingerprint density at radius 3 is 2.00 bits per heavy atom. The molecule has 0 fully saturated rings. The van der Waals surface area contributed by atoms with E-state index < -0.39 is 35.0 Å². The summed E-state index contributed by atoms with van der Waals surface area (Å²) in [6.07, 6.45) is -5.33. The van der Waals surface area contributed by atoms with Crippen LogP contribution in [0, 0.1) is 17.5 Å². The van der Waals surface area contributed by atoms with Crippen LogP contribution in [0.4, 0.5) is 26.3 Å². The molecule has 0 heterocycles. The molecule has 0 atom stereocenters. The maximum atomic E-state index is 12.7. The van der Waals surface area contributed by atoms with Crippen LogP contribution in [0.15, 0.2) is 12.1 Å². The first-order valence-corrected chi connectivity index (χ1v) is 3.50. The topological polar surface area (TPSA) is 17.1 Å². The molecule has 0 aliphatic heterocycles. The third kappa shape index (κ3) is 2.11. The van der Waals surface area contributed by atoms with Gasteiger partial charge in [-0.05, 0) is 12.1 Å². The van der Waals surface area contributed by atoms with E-state index in [2.05, 4.69) is 0 Å². The van der Waals surface area contributed by atoms with Crippen LogP contribution in [0.1, 0.15) is 10.4 Å². The summed E-state index contributed by atoms with van der Waals surface area (Å²) in [6.45, 7) is 0. The molecule has 0 bridgehead atoms. The van der Waals surface area contributed by atoms with Gasteiger partial charge in [-0.3, -0.25) is 4.79 Å². The van der Waals surface area contributed by atoms with Crippen molar-refractivity contribution < 1.29 is 31.1 Å². The number of alkyl halides is 3. The lowest BCUT2D eigenvalue weighted by molar-refractivity contribution is -0.0888. The lowest BCUT2D eigenvalue weighted by Gasteiger charge is -2.06. The summed E-state index contributed by atoms with van der Waals surface area (Å²) in [5.41, 5.74) is -1.54. The number of hydrogen-bond acceptors (Lipinski definition) is 1. The van der Waals surface area contributed by atoms with E-state index in [0.29, 0.717) is 0 Å². The van der Waals surface area contributed by atoms with Gasteiger partial charge in [-0.25, -0.2) is 13.2 Å². The molecule has 0 aliphatic carbocycles. The smallest absolute Gasteiger partial charge is 0.284 e. The first-order valence-electron chi connectivity index (χ1n) is 3.50. The molecule has 0 spiro atoms. The summed E-state index contributed by atoms with van der Waals surface area (Å²) in [7, 11) is 0. The van der Waals surface area contributed by atoms with Crippen molar-refractivity contribution in [3.8, 4) is 0 Å². The molecule has 0 saturated heterocycles. The lowest BCUT2D eigenvalue weighted by Crippen LogP contribution is -2.24. The molecule has 0 aliphatic rings. The van der Waals surface area contributed by atoms with Crippen LogP contribution in [0.3, 0.4) is 0 Å². The highest BCUT2D eigenvalue weighted by Gasteiger charge is 2.41. The lowest BCUT2D eigenvalue weighted by atomic mass is 10.1. The molecule has 7 heteroatoms. The second-order valence-electron chi connectivity index (χ2n) is 2.55. The van der Waals surface area contributed by atoms with Gasteiger partial charge in [0.25, 0.3) is 5.78 Å². The predicted octanol–water partition coefficient (Wildman–Crippen LogP) is 2.85. The van der Waals surface area contributed by atoms with Crippen LogP contribution in [0.25, 0.3) is 0 Å². The number of hydrogen-bond donors (Lipinski definition) is 0. The van der Waals surface area contributed by atoms with Crippen molar-refractivity contribution in [2.75, 3.05) is 0 Å². The van der Waals surface area contributed by atoms with Crippen LogP contribution in [-0.4, -0.2) is 12.0 Å². The zero-order valence-corrected chi connectivity index (χ0v) is 6.83. The molecule has 0 amide bonds. The van der Waals surface area contributed by atoms with Crippen LogP contribution in [0.5, 0.6) is 0 Å². The fraction of sp³-hybridized carbons (Fsp3) is 0.125. The predicted molar refractivity (Wildman–Crippen MR) is 36.7 cm³/mol. The summed E-state index contributed by atoms with van der Waals surface area (Å²) < 4.78 is 72.9. The van der Waals surface area contributed by atoms with E-state index in [0.717, 1.165) is 0 Å². The molecule has 0 radical (unpaired) electrons. The van der Waals surface area contributed by atoms with Gasteiger partial charge in [0.2, 0.25) is 0 Å². The van der Waals surface area contributed by atoms with Crippen molar-refractivity contribution in [2.24, 2.45) is 0 Å². The second kappa shape index (κ2) is 3.56. The molecular weight excluding hydrogens is 226 g/mol. The van der Waals surface area contributed by atoms with E-state index in [1.807, 2.05) is 0 Å². The minimum absolute atomic E-state index is 0.240. The molecule has 1 aromatic rings. The third-order valence-corrected chi connectivity index (χ3v) is 1.54. The van der Waals surface area contributed by atoms with Crippen LogP contribution in [-0.2, 0) is 0 Å². The minimum atomic E-state index is -5.33. The number of rotatable bonds is 1. The Bertz CT molecular complexity index is 408. The largest absolute Gasteiger partial charge is 0.454 e. The summed E-state index contributed by atoms with van der Waals surface area (Å²) in [5, 5.41) is 0. The molecule has 0 N–H and O–H groups in total. The van der Waals surface area contributed by atoms with Crippen molar-refractivity contribution in [1.82, 2.24) is 0 Å². The Morgan fingerprint density at radius 1 is 1.00 bits per heavy atom. The molecule has 0 unspecified atom stereocenters. The average Bonchev–Trinajstić information content (AvgIpc) is 2.12. The Balaban J connectivity index is 3.29. The normalized spacial score (nSPS) is 11.6. The van der Waals surface area contributed by atoms with Gasteiger partial charge in [-0.1, -0.05) is 0 Å². The number of carbonyl (C=O) groups excluding carboxylic acids is 1. The Kier molecular flexibility index (Phi) is 2.74. The van der Waals surface area contributed by atoms with Crippen molar-refractivity contribution in [2.45, 2.75) is 6.18 Å². The summed E-state index contributed by atoms with van der Waals surface area (Å²) in [5.74, 6) is -8.47. The van der Waals surface area contributed by atoms with Gasteiger partial charge in [-0.15, -0.1) is 0 Å². The molecule has 82 valence electrons. The average molecular weight is 228 g/mol. The van der Waals surface area contributed by atoms with Gasteiger partial charge in [0, 0.05) is 0 Å². The first kappa shape index (κ1) is 11.5. The molecule has 1 rings (SSSR count). The van der Waals surface area contributed by atoms with Gasteiger partial charge in [0.05, 0.1) is 5.56 Å². The van der Waals surface area contributed by atoms with E-state index in [9.17, 15) is 31.1 Å². The van der Waals surface area contributed by atoms with Crippen molar-refractivity contribution in [3.05, 3.63) is 35.1 Å². The number of Topliss-reactive ketones (excluding diaryl/α,β-unsaturated/α-hetero) is 1. The molecule has 1 nitrogen and oxygen atoms in total. The van der Waals surface area contributed by atoms with Crippen LogP contribution >= 0.6 is 0 Å². The molecule has 0 saturated carbocycles. The van der Waals surface area contributed by atoms with Gasteiger partial charge in [0.15, 0.2) is 17.5 Å².